The number of aromatic amines is 1. The average Bonchev–Trinajstić information content (AvgIpc) is 2.92. The van der Waals surface area contributed by atoms with Gasteiger partial charge < -0.3 is 19.9 Å². The molecule has 0 unspecified atom stereocenters. The zero-order valence-corrected chi connectivity index (χ0v) is 11.4. The van der Waals surface area contributed by atoms with E-state index < -0.39 is 11.9 Å². The molecule has 0 aliphatic heterocycles. The molecule has 106 valence electrons. The van der Waals surface area contributed by atoms with Gasteiger partial charge in [-0.3, -0.25) is 4.79 Å². The number of rotatable bonds is 4. The molecule has 1 amide bonds. The fraction of sp³-hybridized carbons (Fsp3) is 0.308. The van der Waals surface area contributed by atoms with Crippen molar-refractivity contribution in [2.75, 3.05) is 5.32 Å². The van der Waals surface area contributed by atoms with Crippen molar-refractivity contribution in [1.29, 1.82) is 0 Å². The third-order valence-electron chi connectivity index (χ3n) is 3.03. The number of anilines is 1. The van der Waals surface area contributed by atoms with Crippen molar-refractivity contribution in [2.24, 2.45) is 0 Å². The number of carbonyl (C=O) groups excluding carboxylic acids is 1. The Morgan fingerprint density at radius 3 is 2.70 bits per heavy atom. The Balaban J connectivity index is 2.33. The molecule has 2 aromatic heterocycles. The molecule has 7 nitrogen and oxygen atoms in total. The Bertz CT molecular complexity index is 669. The molecule has 2 rings (SSSR count). The highest BCUT2D eigenvalue weighted by atomic mass is 16.5. The summed E-state index contributed by atoms with van der Waals surface area (Å²) in [5.74, 6) is -1.12. The Morgan fingerprint density at radius 2 is 2.10 bits per heavy atom. The van der Waals surface area contributed by atoms with E-state index in [1.165, 1.54) is 6.20 Å². The number of nitrogens with zero attached hydrogens (tertiary/aromatic N) is 1. The number of hydrogen-bond acceptors (Lipinski definition) is 4. The summed E-state index contributed by atoms with van der Waals surface area (Å²) in [6, 6.07) is 0. The lowest BCUT2D eigenvalue weighted by atomic mass is 10.1. The van der Waals surface area contributed by atoms with E-state index in [-0.39, 0.29) is 11.3 Å². The van der Waals surface area contributed by atoms with Crippen LogP contribution in [0.15, 0.2) is 10.7 Å². The van der Waals surface area contributed by atoms with Crippen LogP contribution < -0.4 is 5.32 Å². The SMILES string of the molecule is CCc1noc(C)c1C(=O)Nc1c[nH]c(C)c1C(=O)O. The molecule has 0 aliphatic rings. The van der Waals surface area contributed by atoms with Crippen LogP contribution in [0.4, 0.5) is 5.69 Å². The monoisotopic (exact) mass is 277 g/mol. The molecule has 0 saturated carbocycles. The molecule has 0 bridgehead atoms. The van der Waals surface area contributed by atoms with Gasteiger partial charge in [0.15, 0.2) is 0 Å². The van der Waals surface area contributed by atoms with Crippen molar-refractivity contribution in [1.82, 2.24) is 10.1 Å². The van der Waals surface area contributed by atoms with Crippen molar-refractivity contribution in [3.8, 4) is 0 Å². The minimum Gasteiger partial charge on any atom is -0.478 e. The van der Waals surface area contributed by atoms with Crippen LogP contribution >= 0.6 is 0 Å². The number of nitrogens with one attached hydrogen (secondary N) is 2. The third-order valence-corrected chi connectivity index (χ3v) is 3.03. The topological polar surface area (TPSA) is 108 Å². The molecule has 0 spiro atoms. The van der Waals surface area contributed by atoms with Gasteiger partial charge in [-0.1, -0.05) is 12.1 Å². The Hall–Kier alpha value is -2.57. The second-order valence-electron chi connectivity index (χ2n) is 4.38. The van der Waals surface area contributed by atoms with Crippen LogP contribution in [0.25, 0.3) is 0 Å². The quantitative estimate of drug-likeness (QED) is 0.793. The molecular weight excluding hydrogens is 262 g/mol. The smallest absolute Gasteiger partial charge is 0.339 e. The molecule has 0 saturated heterocycles. The largest absolute Gasteiger partial charge is 0.478 e. The van der Waals surface area contributed by atoms with Crippen LogP contribution in [-0.4, -0.2) is 27.1 Å². The van der Waals surface area contributed by atoms with Crippen LogP contribution in [0, 0.1) is 13.8 Å². The first-order chi connectivity index (χ1) is 9.45. The summed E-state index contributed by atoms with van der Waals surface area (Å²) in [6.07, 6.45) is 2.00. The van der Waals surface area contributed by atoms with E-state index in [1.54, 1.807) is 13.8 Å². The van der Waals surface area contributed by atoms with Crippen molar-refractivity contribution >= 4 is 17.6 Å². The highest BCUT2D eigenvalue weighted by Crippen LogP contribution is 2.22. The first-order valence-corrected chi connectivity index (χ1v) is 6.13. The van der Waals surface area contributed by atoms with Gasteiger partial charge >= 0.3 is 5.97 Å². The highest BCUT2D eigenvalue weighted by Gasteiger charge is 2.22. The Labute approximate surface area is 115 Å². The van der Waals surface area contributed by atoms with Crippen molar-refractivity contribution in [3.63, 3.8) is 0 Å². The summed E-state index contributed by atoms with van der Waals surface area (Å²) >= 11 is 0. The van der Waals surface area contributed by atoms with Crippen molar-refractivity contribution in [2.45, 2.75) is 27.2 Å². The van der Waals surface area contributed by atoms with Gasteiger partial charge in [0.1, 0.15) is 16.9 Å². The van der Waals surface area contributed by atoms with Crippen LogP contribution in [0.5, 0.6) is 0 Å². The molecule has 0 aliphatic carbocycles. The zero-order chi connectivity index (χ0) is 14.9. The zero-order valence-electron chi connectivity index (χ0n) is 11.4. The van der Waals surface area contributed by atoms with Gasteiger partial charge in [0, 0.05) is 11.9 Å². The van der Waals surface area contributed by atoms with Crippen LogP contribution in [0.2, 0.25) is 0 Å². The van der Waals surface area contributed by atoms with Crippen LogP contribution in [0.3, 0.4) is 0 Å². The van der Waals surface area contributed by atoms with E-state index in [2.05, 4.69) is 15.5 Å². The fourth-order valence-electron chi connectivity index (χ4n) is 2.04. The fourth-order valence-corrected chi connectivity index (χ4v) is 2.04. The van der Waals surface area contributed by atoms with E-state index in [4.69, 9.17) is 9.63 Å². The number of hydrogen-bond donors (Lipinski definition) is 3. The number of aromatic carboxylic acids is 1. The Morgan fingerprint density at radius 1 is 1.40 bits per heavy atom. The first kappa shape index (κ1) is 13.9. The minimum absolute atomic E-state index is 0.0468. The molecule has 3 N–H and O–H groups in total. The lowest BCUT2D eigenvalue weighted by Crippen LogP contribution is -2.16. The maximum Gasteiger partial charge on any atom is 0.339 e. The predicted molar refractivity (Wildman–Crippen MR) is 71.1 cm³/mol. The summed E-state index contributed by atoms with van der Waals surface area (Å²) in [5.41, 5.74) is 1.64. The number of amides is 1. The molecule has 0 radical (unpaired) electrons. The summed E-state index contributed by atoms with van der Waals surface area (Å²) in [5, 5.41) is 15.5. The maximum absolute atomic E-state index is 12.2. The van der Waals surface area contributed by atoms with Gasteiger partial charge in [-0.25, -0.2) is 4.79 Å². The standard InChI is InChI=1S/C13H15N3O4/c1-4-8-11(7(3)20-16-8)12(17)15-9-5-14-6(2)10(9)13(18)19/h5,14H,4H2,1-3H3,(H,15,17)(H,18,19). The molecule has 2 aromatic rings. The van der Waals surface area contributed by atoms with Gasteiger partial charge in [-0.2, -0.15) is 0 Å². The van der Waals surface area contributed by atoms with E-state index >= 15 is 0 Å². The molecule has 0 atom stereocenters. The van der Waals surface area contributed by atoms with Gasteiger partial charge in [-0.05, 0) is 20.3 Å². The lowest BCUT2D eigenvalue weighted by Gasteiger charge is -2.04. The molecule has 7 heteroatoms. The normalized spacial score (nSPS) is 10.6. The van der Waals surface area contributed by atoms with E-state index in [0.29, 0.717) is 29.1 Å². The van der Waals surface area contributed by atoms with E-state index in [0.717, 1.165) is 0 Å². The van der Waals surface area contributed by atoms with Gasteiger partial charge in [-0.15, -0.1) is 0 Å². The molecular formula is C13H15N3O4. The summed E-state index contributed by atoms with van der Waals surface area (Å²) in [4.78, 5) is 26.2. The number of carboxylic acids is 1. The number of H-pyrrole nitrogens is 1. The van der Waals surface area contributed by atoms with Crippen molar-refractivity contribution < 1.29 is 19.2 Å². The first-order valence-electron chi connectivity index (χ1n) is 6.13. The van der Waals surface area contributed by atoms with E-state index in [1.807, 2.05) is 6.92 Å². The third kappa shape index (κ3) is 2.29. The summed E-state index contributed by atoms with van der Waals surface area (Å²) < 4.78 is 4.99. The highest BCUT2D eigenvalue weighted by molar-refractivity contribution is 6.09. The van der Waals surface area contributed by atoms with Gasteiger partial charge in [0.2, 0.25) is 0 Å². The molecule has 0 aromatic carbocycles. The lowest BCUT2D eigenvalue weighted by molar-refractivity contribution is 0.0697. The van der Waals surface area contributed by atoms with Gasteiger partial charge in [0.05, 0.1) is 11.4 Å². The molecule has 2 heterocycles. The van der Waals surface area contributed by atoms with Gasteiger partial charge in [0.25, 0.3) is 5.91 Å². The number of carbonyl (C=O) groups is 2. The second kappa shape index (κ2) is 5.20. The van der Waals surface area contributed by atoms with E-state index in [9.17, 15) is 9.59 Å². The summed E-state index contributed by atoms with van der Waals surface area (Å²) in [7, 11) is 0. The van der Waals surface area contributed by atoms with Crippen LogP contribution in [0.1, 0.15) is 44.8 Å². The number of aryl methyl sites for hydroxylation is 3. The maximum atomic E-state index is 12.2. The number of carboxylic acid groups (broad SMARTS) is 1. The minimum atomic E-state index is -1.10. The Kier molecular flexibility index (Phi) is 3.60. The number of aromatic nitrogens is 2. The predicted octanol–water partition coefficient (Wildman–Crippen LogP) is 2.13. The second-order valence-corrected chi connectivity index (χ2v) is 4.38. The van der Waals surface area contributed by atoms with Crippen LogP contribution in [-0.2, 0) is 6.42 Å². The summed E-state index contributed by atoms with van der Waals surface area (Å²) in [6.45, 7) is 5.12. The molecule has 20 heavy (non-hydrogen) atoms. The van der Waals surface area contributed by atoms with Crippen molar-refractivity contribution in [3.05, 3.63) is 34.5 Å². The average molecular weight is 277 g/mol. The molecule has 0 fully saturated rings.